The third-order valence-electron chi connectivity index (χ3n) is 5.61. The van der Waals surface area contributed by atoms with Crippen molar-refractivity contribution in [3.8, 4) is 5.75 Å². The third-order valence-corrected chi connectivity index (χ3v) is 5.61. The van der Waals surface area contributed by atoms with Crippen molar-refractivity contribution in [1.29, 1.82) is 0 Å². The van der Waals surface area contributed by atoms with Gasteiger partial charge in [-0.15, -0.1) is 0 Å². The lowest BCUT2D eigenvalue weighted by molar-refractivity contribution is -0.136. The summed E-state index contributed by atoms with van der Waals surface area (Å²) in [5.41, 5.74) is -1.27. The van der Waals surface area contributed by atoms with Crippen LogP contribution in [0.15, 0.2) is 35.5 Å². The molecule has 0 bridgehead atoms. The molecular weight excluding hydrogens is 413 g/mol. The average molecular weight is 438 g/mol. The summed E-state index contributed by atoms with van der Waals surface area (Å²) in [6.07, 6.45) is 0.263. The number of aliphatic hydroxyl groups is 1. The Morgan fingerprint density at radius 2 is 2.10 bits per heavy atom. The summed E-state index contributed by atoms with van der Waals surface area (Å²) < 4.78 is 53.6. The minimum Gasteiger partial charge on any atom is -0.492 e. The molecule has 3 aromatic rings. The van der Waals surface area contributed by atoms with Crippen molar-refractivity contribution in [3.63, 3.8) is 0 Å². The Bertz CT molecular complexity index is 1050. The van der Waals surface area contributed by atoms with Gasteiger partial charge in [0.1, 0.15) is 29.9 Å². The fourth-order valence-electron chi connectivity index (χ4n) is 4.31. The lowest BCUT2D eigenvalue weighted by atomic mass is 9.82. The number of hydrogen-bond donors (Lipinski definition) is 2. The van der Waals surface area contributed by atoms with Crippen molar-refractivity contribution in [2.45, 2.75) is 63.5 Å². The molecule has 10 heteroatoms. The second-order valence-corrected chi connectivity index (χ2v) is 8.47. The van der Waals surface area contributed by atoms with Gasteiger partial charge in [-0.05, 0) is 33.3 Å². The number of aromatic nitrogens is 3. The van der Waals surface area contributed by atoms with Crippen LogP contribution in [0.2, 0.25) is 0 Å². The summed E-state index contributed by atoms with van der Waals surface area (Å²) >= 11 is 0. The Labute approximate surface area is 177 Å². The number of oxazole rings is 1. The van der Waals surface area contributed by atoms with Gasteiger partial charge >= 0.3 is 6.18 Å². The van der Waals surface area contributed by atoms with E-state index in [9.17, 15) is 18.3 Å². The molecule has 7 nitrogen and oxygen atoms in total. The number of alkyl halides is 3. The SMILES string of the molecule is CC(C)n1cnc2cc(OC[C@@H]3C[C@@](O)(c4cocn4)C[C@H](C)N3)cc(C(F)(F)F)c21. The molecule has 0 radical (unpaired) electrons. The zero-order valence-electron chi connectivity index (χ0n) is 17.5. The van der Waals surface area contributed by atoms with Crippen LogP contribution in [0.25, 0.3) is 11.0 Å². The van der Waals surface area contributed by atoms with Gasteiger partial charge < -0.3 is 24.1 Å². The molecule has 0 spiro atoms. The zero-order chi connectivity index (χ0) is 22.4. The topological polar surface area (TPSA) is 85.3 Å². The first-order valence-corrected chi connectivity index (χ1v) is 10.1. The molecule has 3 heterocycles. The molecule has 1 saturated heterocycles. The maximum absolute atomic E-state index is 13.8. The van der Waals surface area contributed by atoms with E-state index in [2.05, 4.69) is 15.3 Å². The third kappa shape index (κ3) is 4.27. The number of nitrogens with one attached hydrogen (secondary N) is 1. The summed E-state index contributed by atoms with van der Waals surface area (Å²) in [6.45, 7) is 5.61. The number of halogens is 3. The standard InChI is InChI=1S/C21H25F3N4O3/c1-12(2)28-10-25-17-5-15(4-16(19(17)28)21(22,23)24)31-8-14-7-20(29,6-13(3)27-14)18-9-30-11-26-18/h4-5,9-14,27,29H,6-8H2,1-3H3/t13-,14-,20+/m0/s1. The molecule has 1 aliphatic heterocycles. The number of nitrogens with zero attached hydrogens (tertiary/aromatic N) is 3. The van der Waals surface area contributed by atoms with Crippen LogP contribution in [0.5, 0.6) is 5.75 Å². The normalized spacial score (nSPS) is 24.8. The second kappa shape index (κ2) is 7.83. The van der Waals surface area contributed by atoms with E-state index in [4.69, 9.17) is 9.15 Å². The predicted octanol–water partition coefficient (Wildman–Crippen LogP) is 4.03. The van der Waals surface area contributed by atoms with Crippen molar-refractivity contribution in [2.24, 2.45) is 0 Å². The van der Waals surface area contributed by atoms with Crippen molar-refractivity contribution < 1.29 is 27.4 Å². The molecule has 4 rings (SSSR count). The van der Waals surface area contributed by atoms with E-state index >= 15 is 0 Å². The summed E-state index contributed by atoms with van der Waals surface area (Å²) in [7, 11) is 0. The molecule has 168 valence electrons. The first-order valence-electron chi connectivity index (χ1n) is 10.1. The highest BCUT2D eigenvalue weighted by atomic mass is 19.4. The molecule has 1 aromatic carbocycles. The van der Waals surface area contributed by atoms with Crippen LogP contribution in [0.1, 0.15) is 50.9 Å². The van der Waals surface area contributed by atoms with Crippen LogP contribution >= 0.6 is 0 Å². The molecule has 0 aliphatic carbocycles. The molecule has 2 N–H and O–H groups in total. The molecule has 31 heavy (non-hydrogen) atoms. The van der Waals surface area contributed by atoms with E-state index in [1.807, 2.05) is 6.92 Å². The maximum Gasteiger partial charge on any atom is 0.418 e. The van der Waals surface area contributed by atoms with Crippen molar-refractivity contribution in [2.75, 3.05) is 6.61 Å². The highest BCUT2D eigenvalue weighted by Gasteiger charge is 2.41. The molecule has 0 saturated carbocycles. The van der Waals surface area contributed by atoms with Crippen molar-refractivity contribution in [3.05, 3.63) is 42.4 Å². The van der Waals surface area contributed by atoms with Crippen molar-refractivity contribution >= 4 is 11.0 Å². The fraction of sp³-hybridized carbons (Fsp3) is 0.524. The van der Waals surface area contributed by atoms with Gasteiger partial charge in [-0.1, -0.05) is 0 Å². The van der Waals surface area contributed by atoms with E-state index in [0.717, 1.165) is 6.07 Å². The number of piperidine rings is 1. The van der Waals surface area contributed by atoms with Gasteiger partial charge in [0, 0.05) is 30.6 Å². The van der Waals surface area contributed by atoms with Gasteiger partial charge in [0.25, 0.3) is 0 Å². The number of ether oxygens (including phenoxy) is 1. The van der Waals surface area contributed by atoms with E-state index in [1.165, 1.54) is 29.6 Å². The van der Waals surface area contributed by atoms with Crippen LogP contribution in [-0.4, -0.2) is 38.3 Å². The predicted molar refractivity (Wildman–Crippen MR) is 107 cm³/mol. The van der Waals surface area contributed by atoms with Gasteiger partial charge in [-0.3, -0.25) is 0 Å². The Morgan fingerprint density at radius 1 is 1.32 bits per heavy atom. The summed E-state index contributed by atoms with van der Waals surface area (Å²) in [6, 6.07) is 2.03. The van der Waals surface area contributed by atoms with Crippen LogP contribution < -0.4 is 10.1 Å². The number of hydrogen-bond acceptors (Lipinski definition) is 6. The van der Waals surface area contributed by atoms with Gasteiger partial charge in [-0.2, -0.15) is 13.2 Å². The molecule has 3 atom stereocenters. The highest BCUT2D eigenvalue weighted by Crippen LogP contribution is 2.39. The second-order valence-electron chi connectivity index (χ2n) is 8.47. The quantitative estimate of drug-likeness (QED) is 0.626. The van der Waals surface area contributed by atoms with E-state index in [1.54, 1.807) is 13.8 Å². The zero-order valence-corrected chi connectivity index (χ0v) is 17.5. The van der Waals surface area contributed by atoms with Crippen LogP contribution in [0.4, 0.5) is 13.2 Å². The lowest BCUT2D eigenvalue weighted by Gasteiger charge is -2.39. The van der Waals surface area contributed by atoms with Gasteiger partial charge in [0.15, 0.2) is 6.39 Å². The highest BCUT2D eigenvalue weighted by molar-refractivity contribution is 5.81. The van der Waals surface area contributed by atoms with Crippen LogP contribution in [-0.2, 0) is 11.8 Å². The number of rotatable bonds is 5. The lowest BCUT2D eigenvalue weighted by Crippen LogP contribution is -2.53. The van der Waals surface area contributed by atoms with Crippen LogP contribution in [0, 0.1) is 0 Å². The van der Waals surface area contributed by atoms with Gasteiger partial charge in [0.05, 0.1) is 22.9 Å². The summed E-state index contributed by atoms with van der Waals surface area (Å²) in [4.78, 5) is 8.21. The average Bonchev–Trinajstić information content (AvgIpc) is 3.34. The summed E-state index contributed by atoms with van der Waals surface area (Å²) in [5.74, 6) is 0.0823. The van der Waals surface area contributed by atoms with Gasteiger partial charge in [0.2, 0.25) is 0 Å². The largest absolute Gasteiger partial charge is 0.492 e. The molecule has 0 amide bonds. The number of imidazole rings is 1. The van der Waals surface area contributed by atoms with E-state index < -0.39 is 17.3 Å². The molecule has 0 unspecified atom stereocenters. The van der Waals surface area contributed by atoms with Crippen molar-refractivity contribution in [1.82, 2.24) is 19.9 Å². The maximum atomic E-state index is 13.8. The molecule has 1 fully saturated rings. The fourth-order valence-corrected chi connectivity index (χ4v) is 4.31. The Morgan fingerprint density at radius 3 is 2.74 bits per heavy atom. The number of fused-ring (bicyclic) bond motifs is 1. The Kier molecular flexibility index (Phi) is 5.47. The van der Waals surface area contributed by atoms with Crippen LogP contribution in [0.3, 0.4) is 0 Å². The first-order chi connectivity index (χ1) is 14.6. The van der Waals surface area contributed by atoms with Gasteiger partial charge in [-0.25, -0.2) is 9.97 Å². The Hall–Kier alpha value is -2.59. The molecule has 2 aromatic heterocycles. The number of benzene rings is 1. The molecular formula is C21H25F3N4O3. The smallest absolute Gasteiger partial charge is 0.418 e. The minimum absolute atomic E-state index is 0.0414. The first kappa shape index (κ1) is 21.6. The monoisotopic (exact) mass is 438 g/mol. The van der Waals surface area contributed by atoms with E-state index in [-0.39, 0.29) is 41.5 Å². The Balaban J connectivity index is 1.58. The van der Waals surface area contributed by atoms with E-state index in [0.29, 0.717) is 18.5 Å². The summed E-state index contributed by atoms with van der Waals surface area (Å²) in [5, 5.41) is 14.4. The molecule has 1 aliphatic rings. The minimum atomic E-state index is -4.55.